The van der Waals surface area contributed by atoms with Crippen LogP contribution in [0.3, 0.4) is 0 Å². The number of hydrogen-bond donors (Lipinski definition) is 1. The van der Waals surface area contributed by atoms with Crippen molar-refractivity contribution in [1.29, 1.82) is 0 Å². The minimum atomic E-state index is 0.0109. The number of carbonyl (C=O) groups is 1. The van der Waals surface area contributed by atoms with Gasteiger partial charge in [0.2, 0.25) is 0 Å². The zero-order valence-corrected chi connectivity index (χ0v) is 11.3. The van der Waals surface area contributed by atoms with Gasteiger partial charge in [-0.25, -0.2) is 0 Å². The van der Waals surface area contributed by atoms with E-state index in [0.717, 1.165) is 25.9 Å². The molecule has 0 bridgehead atoms. The number of halogens is 1. The van der Waals surface area contributed by atoms with Gasteiger partial charge in [0.05, 0.1) is 10.6 Å². The fraction of sp³-hybridized carbons (Fsp3) is 0.538. The Hall–Kier alpha value is -1.13. The maximum Gasteiger partial charge on any atom is 0.255 e. The maximum absolute atomic E-state index is 12.5. The molecular weight excluding hydrogens is 250 g/mol. The van der Waals surface area contributed by atoms with Gasteiger partial charge in [-0.1, -0.05) is 11.6 Å². The van der Waals surface area contributed by atoms with Crippen molar-refractivity contribution in [2.75, 3.05) is 19.6 Å². The molecule has 1 amide bonds. The molecule has 98 valence electrons. The smallest absolute Gasteiger partial charge is 0.255 e. The van der Waals surface area contributed by atoms with Crippen LogP contribution in [0.15, 0.2) is 18.5 Å². The Labute approximate surface area is 112 Å². The fourth-order valence-electron chi connectivity index (χ4n) is 2.39. The minimum Gasteiger partial charge on any atom is -0.336 e. The lowest BCUT2D eigenvalue weighted by Crippen LogP contribution is -2.46. The monoisotopic (exact) mass is 267 g/mol. The highest BCUT2D eigenvalue weighted by Gasteiger charge is 2.25. The van der Waals surface area contributed by atoms with E-state index < -0.39 is 0 Å². The molecule has 1 fully saturated rings. The van der Waals surface area contributed by atoms with E-state index in [-0.39, 0.29) is 5.91 Å². The molecule has 0 saturated carbocycles. The van der Waals surface area contributed by atoms with E-state index in [1.165, 1.54) is 6.20 Å². The zero-order valence-electron chi connectivity index (χ0n) is 10.5. The van der Waals surface area contributed by atoms with Crippen LogP contribution < -0.4 is 5.32 Å². The molecule has 1 aliphatic heterocycles. The Kier molecular flexibility index (Phi) is 4.55. The summed E-state index contributed by atoms with van der Waals surface area (Å²) in [4.78, 5) is 18.3. The second-order valence-electron chi connectivity index (χ2n) is 4.43. The van der Waals surface area contributed by atoms with Crippen LogP contribution in [0.5, 0.6) is 0 Å². The lowest BCUT2D eigenvalue weighted by molar-refractivity contribution is 0.0656. The van der Waals surface area contributed by atoms with Gasteiger partial charge in [0, 0.05) is 25.0 Å². The quantitative estimate of drug-likeness (QED) is 0.911. The number of aromatic nitrogens is 1. The zero-order chi connectivity index (χ0) is 13.0. The third kappa shape index (κ3) is 2.82. The molecule has 5 heteroatoms. The van der Waals surface area contributed by atoms with Gasteiger partial charge >= 0.3 is 0 Å². The third-order valence-corrected chi connectivity index (χ3v) is 3.66. The normalized spacial score (nSPS) is 16.6. The standard InChI is InChI=1S/C13H18ClN3O/c1-2-17(10-3-6-15-7-4-10)13(18)11-5-8-16-9-12(11)14/h5,8-10,15H,2-4,6-7H2,1H3. The molecule has 1 aromatic rings. The molecule has 0 spiro atoms. The van der Waals surface area contributed by atoms with Crippen LogP contribution in [0.2, 0.25) is 5.02 Å². The van der Waals surface area contributed by atoms with E-state index in [4.69, 9.17) is 11.6 Å². The molecule has 0 unspecified atom stereocenters. The van der Waals surface area contributed by atoms with Crippen molar-refractivity contribution >= 4 is 17.5 Å². The van der Waals surface area contributed by atoms with Crippen molar-refractivity contribution < 1.29 is 4.79 Å². The van der Waals surface area contributed by atoms with Crippen molar-refractivity contribution in [3.05, 3.63) is 29.0 Å². The molecular formula is C13H18ClN3O. The molecule has 1 N–H and O–H groups in total. The van der Waals surface area contributed by atoms with Gasteiger partial charge in [0.15, 0.2) is 0 Å². The van der Waals surface area contributed by atoms with E-state index in [1.807, 2.05) is 11.8 Å². The topological polar surface area (TPSA) is 45.2 Å². The lowest BCUT2D eigenvalue weighted by Gasteiger charge is -2.34. The van der Waals surface area contributed by atoms with Gasteiger partial charge in [-0.05, 0) is 38.9 Å². The average molecular weight is 268 g/mol. The number of hydrogen-bond acceptors (Lipinski definition) is 3. The molecule has 1 saturated heterocycles. The number of piperidine rings is 1. The highest BCUT2D eigenvalue weighted by Crippen LogP contribution is 2.20. The van der Waals surface area contributed by atoms with Crippen LogP contribution in [0.25, 0.3) is 0 Å². The first kappa shape index (κ1) is 13.3. The first-order valence-electron chi connectivity index (χ1n) is 6.35. The molecule has 0 aromatic carbocycles. The highest BCUT2D eigenvalue weighted by atomic mass is 35.5. The molecule has 0 aliphatic carbocycles. The summed E-state index contributed by atoms with van der Waals surface area (Å²) >= 11 is 6.04. The Morgan fingerprint density at radius 1 is 1.56 bits per heavy atom. The number of nitrogens with one attached hydrogen (secondary N) is 1. The van der Waals surface area contributed by atoms with Crippen LogP contribution >= 0.6 is 11.6 Å². The van der Waals surface area contributed by atoms with Gasteiger partial charge in [-0.2, -0.15) is 0 Å². The van der Waals surface area contributed by atoms with Gasteiger partial charge < -0.3 is 10.2 Å². The van der Waals surface area contributed by atoms with E-state index >= 15 is 0 Å². The molecule has 18 heavy (non-hydrogen) atoms. The predicted molar refractivity (Wildman–Crippen MR) is 71.8 cm³/mol. The van der Waals surface area contributed by atoms with Crippen LogP contribution in [0.1, 0.15) is 30.1 Å². The Morgan fingerprint density at radius 2 is 2.28 bits per heavy atom. The van der Waals surface area contributed by atoms with Crippen molar-refractivity contribution in [3.63, 3.8) is 0 Å². The van der Waals surface area contributed by atoms with E-state index in [9.17, 15) is 4.79 Å². The molecule has 0 atom stereocenters. The molecule has 4 nitrogen and oxygen atoms in total. The van der Waals surface area contributed by atoms with Gasteiger partial charge in [0.1, 0.15) is 0 Å². The molecule has 2 rings (SSSR count). The third-order valence-electron chi connectivity index (χ3n) is 3.35. The van der Waals surface area contributed by atoms with Crippen molar-refractivity contribution in [2.24, 2.45) is 0 Å². The summed E-state index contributed by atoms with van der Waals surface area (Å²) in [6, 6.07) is 2.00. The number of nitrogens with zero attached hydrogens (tertiary/aromatic N) is 2. The maximum atomic E-state index is 12.5. The van der Waals surface area contributed by atoms with Crippen LogP contribution in [0, 0.1) is 0 Å². The Balaban J connectivity index is 2.17. The SMILES string of the molecule is CCN(C(=O)c1ccncc1Cl)C1CCNCC1. The second-order valence-corrected chi connectivity index (χ2v) is 4.84. The largest absolute Gasteiger partial charge is 0.336 e. The Bertz CT molecular complexity index is 418. The van der Waals surface area contributed by atoms with Gasteiger partial charge in [-0.3, -0.25) is 9.78 Å². The van der Waals surface area contributed by atoms with Crippen LogP contribution in [0.4, 0.5) is 0 Å². The summed E-state index contributed by atoms with van der Waals surface area (Å²) < 4.78 is 0. The summed E-state index contributed by atoms with van der Waals surface area (Å²) in [6.45, 7) is 4.66. The van der Waals surface area contributed by atoms with Crippen LogP contribution in [-0.4, -0.2) is 41.5 Å². The van der Waals surface area contributed by atoms with Crippen molar-refractivity contribution in [3.8, 4) is 0 Å². The number of amides is 1. The minimum absolute atomic E-state index is 0.0109. The predicted octanol–water partition coefficient (Wildman–Crippen LogP) is 1.95. The summed E-state index contributed by atoms with van der Waals surface area (Å²) in [5.74, 6) is 0.0109. The first-order valence-corrected chi connectivity index (χ1v) is 6.73. The van der Waals surface area contributed by atoms with Gasteiger partial charge in [-0.15, -0.1) is 0 Å². The van der Waals surface area contributed by atoms with E-state index in [1.54, 1.807) is 12.3 Å². The molecule has 0 radical (unpaired) electrons. The summed E-state index contributed by atoms with van der Waals surface area (Å²) in [6.07, 6.45) is 5.13. The van der Waals surface area contributed by atoms with Gasteiger partial charge in [0.25, 0.3) is 5.91 Å². The van der Waals surface area contributed by atoms with Crippen LogP contribution in [-0.2, 0) is 0 Å². The molecule has 2 heterocycles. The van der Waals surface area contributed by atoms with E-state index in [0.29, 0.717) is 23.2 Å². The highest BCUT2D eigenvalue weighted by molar-refractivity contribution is 6.33. The number of rotatable bonds is 3. The summed E-state index contributed by atoms with van der Waals surface area (Å²) in [5, 5.41) is 3.74. The number of pyridine rings is 1. The first-order chi connectivity index (χ1) is 8.74. The van der Waals surface area contributed by atoms with E-state index in [2.05, 4.69) is 10.3 Å². The average Bonchev–Trinajstić information content (AvgIpc) is 2.41. The second kappa shape index (κ2) is 6.16. The van der Waals surface area contributed by atoms with Crippen molar-refractivity contribution in [1.82, 2.24) is 15.2 Å². The fourth-order valence-corrected chi connectivity index (χ4v) is 2.59. The summed E-state index contributed by atoms with van der Waals surface area (Å²) in [5.41, 5.74) is 0.548. The summed E-state index contributed by atoms with van der Waals surface area (Å²) in [7, 11) is 0. The Morgan fingerprint density at radius 3 is 2.89 bits per heavy atom. The van der Waals surface area contributed by atoms with Crippen molar-refractivity contribution in [2.45, 2.75) is 25.8 Å². The lowest BCUT2D eigenvalue weighted by atomic mass is 10.0. The molecule has 1 aliphatic rings. The molecule has 1 aromatic heterocycles. The number of carbonyl (C=O) groups excluding carboxylic acids is 1.